The van der Waals surface area contributed by atoms with Gasteiger partial charge in [-0.2, -0.15) is 5.26 Å². The predicted octanol–water partition coefficient (Wildman–Crippen LogP) is 5.30. The molecule has 0 saturated heterocycles. The van der Waals surface area contributed by atoms with Crippen LogP contribution in [0.15, 0.2) is 34.4 Å². The first-order valence-corrected chi connectivity index (χ1v) is 11.1. The lowest BCUT2D eigenvalue weighted by molar-refractivity contribution is -0.122. The smallest absolute Gasteiger partial charge is 0.263 e. The molecule has 148 valence electrons. The maximum atomic E-state index is 12.8. The minimum Gasteiger partial charge on any atom is -0.359 e. The van der Waals surface area contributed by atoms with E-state index >= 15 is 0 Å². The molecule has 0 heterocycles. The molecule has 4 bridgehead atoms. The quantitative estimate of drug-likeness (QED) is 0.481. The zero-order valence-corrected chi connectivity index (χ0v) is 18.2. The van der Waals surface area contributed by atoms with Gasteiger partial charge in [0.1, 0.15) is 11.6 Å². The molecular formula is C23H28BrN3O. The van der Waals surface area contributed by atoms with Gasteiger partial charge >= 0.3 is 0 Å². The lowest BCUT2D eigenvalue weighted by Crippen LogP contribution is -2.56. The first-order valence-electron chi connectivity index (χ1n) is 10.3. The Morgan fingerprint density at radius 1 is 1.25 bits per heavy atom. The average molecular weight is 442 g/mol. The Morgan fingerprint density at radius 2 is 1.86 bits per heavy atom. The fourth-order valence-electron chi connectivity index (χ4n) is 6.17. The Bertz CT molecular complexity index is 819. The molecule has 0 spiro atoms. The summed E-state index contributed by atoms with van der Waals surface area (Å²) < 4.78 is 0.906. The van der Waals surface area contributed by atoms with Crippen molar-refractivity contribution in [3.63, 3.8) is 0 Å². The second-order valence-corrected chi connectivity index (χ2v) is 10.1. The number of nitriles is 1. The molecule has 0 aliphatic heterocycles. The number of nitrogens with one attached hydrogen (secondary N) is 2. The minimum absolute atomic E-state index is 0.108. The van der Waals surface area contributed by atoms with Gasteiger partial charge in [0.25, 0.3) is 5.91 Å². The van der Waals surface area contributed by atoms with Gasteiger partial charge in [0, 0.05) is 16.7 Å². The van der Waals surface area contributed by atoms with Gasteiger partial charge in [-0.25, -0.2) is 0 Å². The summed E-state index contributed by atoms with van der Waals surface area (Å²) in [7, 11) is 0. The number of carbonyl (C=O) groups excluding carboxylic acids is 1. The van der Waals surface area contributed by atoms with E-state index in [-0.39, 0.29) is 22.9 Å². The van der Waals surface area contributed by atoms with E-state index in [1.807, 2.05) is 25.1 Å². The van der Waals surface area contributed by atoms with E-state index in [2.05, 4.69) is 39.6 Å². The van der Waals surface area contributed by atoms with Gasteiger partial charge in [0.15, 0.2) is 0 Å². The largest absolute Gasteiger partial charge is 0.359 e. The molecule has 4 nitrogen and oxygen atoms in total. The van der Waals surface area contributed by atoms with Gasteiger partial charge in [0.05, 0.1) is 5.69 Å². The van der Waals surface area contributed by atoms with E-state index in [4.69, 9.17) is 0 Å². The fourth-order valence-corrected chi connectivity index (χ4v) is 6.78. The molecule has 1 atom stereocenters. The van der Waals surface area contributed by atoms with Crippen LogP contribution < -0.4 is 10.6 Å². The van der Waals surface area contributed by atoms with Crippen LogP contribution in [0.4, 0.5) is 5.69 Å². The van der Waals surface area contributed by atoms with Crippen molar-refractivity contribution < 1.29 is 4.79 Å². The predicted molar refractivity (Wildman–Crippen MR) is 114 cm³/mol. The molecule has 28 heavy (non-hydrogen) atoms. The summed E-state index contributed by atoms with van der Waals surface area (Å²) in [6, 6.07) is 8.08. The lowest BCUT2D eigenvalue weighted by atomic mass is 9.48. The number of amides is 1. The first kappa shape index (κ1) is 19.5. The van der Waals surface area contributed by atoms with Crippen LogP contribution in [0.2, 0.25) is 0 Å². The molecule has 1 unspecified atom stereocenters. The van der Waals surface area contributed by atoms with Crippen molar-refractivity contribution in [2.45, 2.75) is 58.4 Å². The van der Waals surface area contributed by atoms with Crippen molar-refractivity contribution in [3.8, 4) is 6.07 Å². The van der Waals surface area contributed by atoms with Gasteiger partial charge in [-0.3, -0.25) is 4.79 Å². The van der Waals surface area contributed by atoms with Crippen molar-refractivity contribution in [2.75, 3.05) is 5.32 Å². The highest BCUT2D eigenvalue weighted by Gasteiger charge is 2.53. The summed E-state index contributed by atoms with van der Waals surface area (Å²) in [6.45, 7) is 4.16. The Balaban J connectivity index is 1.43. The summed E-state index contributed by atoms with van der Waals surface area (Å²) in [4.78, 5) is 12.8. The molecule has 1 amide bonds. The van der Waals surface area contributed by atoms with Crippen molar-refractivity contribution in [1.29, 1.82) is 5.26 Å². The van der Waals surface area contributed by atoms with E-state index in [1.54, 1.807) is 0 Å². The fraction of sp³-hybridized carbons (Fsp3) is 0.565. The normalized spacial score (nSPS) is 31.9. The molecule has 4 aliphatic rings. The van der Waals surface area contributed by atoms with Crippen molar-refractivity contribution in [2.24, 2.45) is 23.2 Å². The zero-order valence-electron chi connectivity index (χ0n) is 16.6. The zero-order chi connectivity index (χ0) is 19.9. The van der Waals surface area contributed by atoms with Gasteiger partial charge in [-0.1, -0.05) is 6.07 Å². The highest BCUT2D eigenvalue weighted by atomic mass is 79.9. The number of anilines is 1. The summed E-state index contributed by atoms with van der Waals surface area (Å²) in [6.07, 6.45) is 9.38. The van der Waals surface area contributed by atoms with Crippen LogP contribution in [0.5, 0.6) is 0 Å². The molecule has 5 heteroatoms. The van der Waals surface area contributed by atoms with Crippen molar-refractivity contribution in [3.05, 3.63) is 40.0 Å². The molecule has 2 N–H and O–H groups in total. The molecule has 4 fully saturated rings. The number of benzene rings is 1. The summed E-state index contributed by atoms with van der Waals surface area (Å²) in [5.74, 6) is 2.26. The van der Waals surface area contributed by atoms with Crippen LogP contribution in [0.25, 0.3) is 0 Å². The third-order valence-electron chi connectivity index (χ3n) is 7.21. The summed E-state index contributed by atoms with van der Waals surface area (Å²) in [5.41, 5.74) is 2.33. The van der Waals surface area contributed by atoms with Crippen LogP contribution in [-0.4, -0.2) is 11.9 Å². The number of hydrogen-bond donors (Lipinski definition) is 2. The van der Waals surface area contributed by atoms with Gasteiger partial charge in [-0.05, 0) is 109 Å². The standard InChI is InChI=1S/C23H28BrN3O/c1-14-3-4-21(20(24)5-14)26-13-19(12-25)22(28)27-15(2)23-9-16-6-17(10-23)8-18(7-16)11-23/h3-5,13,15-18,26H,6-11H2,1-2H3,(H,27,28)/b19-13-. The minimum atomic E-state index is -0.276. The van der Waals surface area contributed by atoms with Crippen molar-refractivity contribution in [1.82, 2.24) is 5.32 Å². The number of halogens is 1. The number of aryl methyl sites for hydroxylation is 1. The Labute approximate surface area is 175 Å². The summed E-state index contributed by atoms with van der Waals surface area (Å²) in [5, 5.41) is 15.8. The molecule has 0 radical (unpaired) electrons. The van der Waals surface area contributed by atoms with Crippen LogP contribution in [0, 0.1) is 41.4 Å². The second kappa shape index (κ2) is 7.55. The van der Waals surface area contributed by atoms with E-state index < -0.39 is 0 Å². The Hall–Kier alpha value is -1.80. The van der Waals surface area contributed by atoms with Crippen LogP contribution in [-0.2, 0) is 4.79 Å². The third kappa shape index (κ3) is 3.72. The molecule has 5 rings (SSSR count). The number of carbonyl (C=O) groups is 1. The van der Waals surface area contributed by atoms with Crippen LogP contribution in [0.1, 0.15) is 51.0 Å². The maximum absolute atomic E-state index is 12.8. The lowest BCUT2D eigenvalue weighted by Gasteiger charge is -2.59. The van der Waals surface area contributed by atoms with Crippen LogP contribution >= 0.6 is 15.9 Å². The van der Waals surface area contributed by atoms with Gasteiger partial charge in [-0.15, -0.1) is 0 Å². The Morgan fingerprint density at radius 3 is 2.39 bits per heavy atom. The third-order valence-corrected chi connectivity index (χ3v) is 7.87. The molecule has 1 aromatic carbocycles. The van der Waals surface area contributed by atoms with Gasteiger partial charge in [0.2, 0.25) is 0 Å². The monoisotopic (exact) mass is 441 g/mol. The van der Waals surface area contributed by atoms with Gasteiger partial charge < -0.3 is 10.6 Å². The topological polar surface area (TPSA) is 64.9 Å². The van der Waals surface area contributed by atoms with E-state index in [0.717, 1.165) is 33.5 Å². The highest BCUT2D eigenvalue weighted by molar-refractivity contribution is 9.10. The van der Waals surface area contributed by atoms with E-state index in [9.17, 15) is 10.1 Å². The molecule has 0 aromatic heterocycles. The summed E-state index contributed by atoms with van der Waals surface area (Å²) >= 11 is 3.51. The maximum Gasteiger partial charge on any atom is 0.263 e. The average Bonchev–Trinajstić information content (AvgIpc) is 2.62. The number of hydrogen-bond acceptors (Lipinski definition) is 3. The number of rotatable bonds is 5. The highest BCUT2D eigenvalue weighted by Crippen LogP contribution is 2.61. The van der Waals surface area contributed by atoms with Crippen molar-refractivity contribution >= 4 is 27.5 Å². The number of nitrogens with zero attached hydrogens (tertiary/aromatic N) is 1. The molecular weight excluding hydrogens is 414 g/mol. The molecule has 4 aliphatic carbocycles. The SMILES string of the molecule is Cc1ccc(N/C=C(/C#N)C(=O)NC(C)C23CC4CC(CC(C4)C2)C3)c(Br)c1. The van der Waals surface area contributed by atoms with E-state index in [1.165, 1.54) is 44.7 Å². The molecule has 1 aromatic rings. The van der Waals surface area contributed by atoms with E-state index in [0.29, 0.717) is 0 Å². The van der Waals surface area contributed by atoms with Crippen LogP contribution in [0.3, 0.4) is 0 Å². The second-order valence-electron chi connectivity index (χ2n) is 9.27. The Kier molecular flexibility index (Phi) is 5.26. The first-order chi connectivity index (χ1) is 13.4. The molecule has 4 saturated carbocycles.